The number of fused-ring (bicyclic) bond motifs is 1. The van der Waals surface area contributed by atoms with Gasteiger partial charge in [-0.1, -0.05) is 18.2 Å². The van der Waals surface area contributed by atoms with Gasteiger partial charge in [-0.3, -0.25) is 4.79 Å². The molecule has 4 heteroatoms. The van der Waals surface area contributed by atoms with Gasteiger partial charge in [0.2, 0.25) is 5.91 Å². The second kappa shape index (κ2) is 6.31. The number of aromatic amines is 1. The number of carbonyl (C=O) groups excluding carboxylic acids is 1. The van der Waals surface area contributed by atoms with Crippen LogP contribution in [0.4, 0.5) is 0 Å². The van der Waals surface area contributed by atoms with Crippen molar-refractivity contribution in [3.05, 3.63) is 36.0 Å². The minimum atomic E-state index is -0.506. The van der Waals surface area contributed by atoms with Crippen LogP contribution in [0, 0.1) is 0 Å². The summed E-state index contributed by atoms with van der Waals surface area (Å²) in [7, 11) is 0. The molecule has 21 heavy (non-hydrogen) atoms. The summed E-state index contributed by atoms with van der Waals surface area (Å²) in [4.78, 5) is 17.7. The number of aromatic nitrogens is 1. The van der Waals surface area contributed by atoms with Crippen molar-refractivity contribution in [3.63, 3.8) is 0 Å². The number of carbonyl (C=O) groups is 1. The Morgan fingerprint density at radius 1 is 1.19 bits per heavy atom. The molecule has 0 bridgehead atoms. The van der Waals surface area contributed by atoms with Crippen molar-refractivity contribution in [3.8, 4) is 0 Å². The van der Waals surface area contributed by atoms with E-state index in [9.17, 15) is 4.79 Å². The van der Waals surface area contributed by atoms with E-state index in [0.29, 0.717) is 6.42 Å². The highest BCUT2D eigenvalue weighted by atomic mass is 16.2. The van der Waals surface area contributed by atoms with Crippen LogP contribution in [-0.4, -0.2) is 33.9 Å². The lowest BCUT2D eigenvalue weighted by Crippen LogP contribution is -2.50. The molecule has 2 aromatic rings. The van der Waals surface area contributed by atoms with Crippen LogP contribution in [0.2, 0.25) is 0 Å². The van der Waals surface area contributed by atoms with Gasteiger partial charge in [0.15, 0.2) is 0 Å². The highest BCUT2D eigenvalue weighted by molar-refractivity contribution is 5.86. The monoisotopic (exact) mass is 287 g/mol. The first-order chi connectivity index (χ1) is 9.91. The van der Waals surface area contributed by atoms with Crippen molar-refractivity contribution in [2.75, 3.05) is 0 Å². The molecule has 1 aromatic carbocycles. The topological polar surface area (TPSA) is 62.1 Å². The fourth-order valence-corrected chi connectivity index (χ4v) is 2.92. The summed E-state index contributed by atoms with van der Waals surface area (Å²) >= 11 is 0. The van der Waals surface area contributed by atoms with Crippen LogP contribution in [0.1, 0.15) is 33.3 Å². The van der Waals surface area contributed by atoms with Crippen LogP contribution in [0.5, 0.6) is 0 Å². The smallest absolute Gasteiger partial charge is 0.240 e. The number of benzene rings is 1. The van der Waals surface area contributed by atoms with E-state index in [2.05, 4.69) is 11.1 Å². The Labute approximate surface area is 126 Å². The SMILES string of the molecule is CC(C)N(C(=O)[C@H](N)Cc1c[nH]c2ccccc12)C(C)C. The molecule has 1 atom stereocenters. The lowest BCUT2D eigenvalue weighted by atomic mass is 10.0. The molecule has 3 N–H and O–H groups in total. The quantitative estimate of drug-likeness (QED) is 0.888. The van der Waals surface area contributed by atoms with E-state index in [1.165, 1.54) is 0 Å². The van der Waals surface area contributed by atoms with Crippen LogP contribution in [0.25, 0.3) is 10.9 Å². The number of nitrogens with one attached hydrogen (secondary N) is 1. The van der Waals surface area contributed by atoms with E-state index >= 15 is 0 Å². The number of para-hydroxylation sites is 1. The molecular weight excluding hydrogens is 262 g/mol. The molecule has 0 saturated heterocycles. The molecule has 0 saturated carbocycles. The number of nitrogens with two attached hydrogens (primary N) is 1. The molecular formula is C17H25N3O. The third-order valence-electron chi connectivity index (χ3n) is 3.80. The van der Waals surface area contributed by atoms with Gasteiger partial charge in [0.25, 0.3) is 0 Å². The molecule has 0 unspecified atom stereocenters. The number of nitrogens with zero attached hydrogens (tertiary/aromatic N) is 1. The summed E-state index contributed by atoms with van der Waals surface area (Å²) < 4.78 is 0. The fraction of sp³-hybridized carbons (Fsp3) is 0.471. The number of H-pyrrole nitrogens is 1. The van der Waals surface area contributed by atoms with Crippen molar-refractivity contribution in [1.29, 1.82) is 0 Å². The standard InChI is InChI=1S/C17H25N3O/c1-11(2)20(12(3)4)17(21)15(18)9-13-10-19-16-8-6-5-7-14(13)16/h5-8,10-12,15,19H,9,18H2,1-4H3/t15-/m1/s1. The Morgan fingerprint density at radius 2 is 1.81 bits per heavy atom. The highest BCUT2D eigenvalue weighted by Crippen LogP contribution is 2.19. The van der Waals surface area contributed by atoms with Crippen LogP contribution in [0.15, 0.2) is 30.5 Å². The summed E-state index contributed by atoms with van der Waals surface area (Å²) in [5.41, 5.74) is 8.35. The number of amides is 1. The van der Waals surface area contributed by atoms with Crippen molar-refractivity contribution in [2.24, 2.45) is 5.73 Å². The Hall–Kier alpha value is -1.81. The molecule has 0 radical (unpaired) electrons. The van der Waals surface area contributed by atoms with Gasteiger partial charge in [0.05, 0.1) is 6.04 Å². The van der Waals surface area contributed by atoms with Crippen molar-refractivity contribution >= 4 is 16.8 Å². The summed E-state index contributed by atoms with van der Waals surface area (Å²) in [5, 5.41) is 1.14. The lowest BCUT2D eigenvalue weighted by molar-refractivity contribution is -0.136. The second-order valence-corrected chi connectivity index (χ2v) is 6.10. The normalized spacial score (nSPS) is 13.1. The Balaban J connectivity index is 2.17. The Kier molecular flexibility index (Phi) is 4.68. The molecule has 1 aromatic heterocycles. The largest absolute Gasteiger partial charge is 0.361 e. The van der Waals surface area contributed by atoms with E-state index in [-0.39, 0.29) is 18.0 Å². The molecule has 4 nitrogen and oxygen atoms in total. The first kappa shape index (κ1) is 15.6. The second-order valence-electron chi connectivity index (χ2n) is 6.10. The van der Waals surface area contributed by atoms with E-state index in [0.717, 1.165) is 16.5 Å². The van der Waals surface area contributed by atoms with E-state index in [1.807, 2.05) is 57.0 Å². The Bertz CT molecular complexity index is 607. The van der Waals surface area contributed by atoms with Gasteiger partial charge in [-0.05, 0) is 45.7 Å². The van der Waals surface area contributed by atoms with Crippen LogP contribution >= 0.6 is 0 Å². The molecule has 1 amide bonds. The maximum Gasteiger partial charge on any atom is 0.240 e. The number of hydrogen-bond acceptors (Lipinski definition) is 2. The van der Waals surface area contributed by atoms with Gasteiger partial charge in [0, 0.05) is 29.2 Å². The zero-order valence-corrected chi connectivity index (χ0v) is 13.3. The molecule has 0 aliphatic rings. The van der Waals surface area contributed by atoms with Crippen molar-refractivity contribution < 1.29 is 4.79 Å². The Morgan fingerprint density at radius 3 is 2.43 bits per heavy atom. The predicted octanol–water partition coefficient (Wildman–Crippen LogP) is 2.68. The predicted molar refractivity (Wildman–Crippen MR) is 87.1 cm³/mol. The van der Waals surface area contributed by atoms with Crippen LogP contribution in [0.3, 0.4) is 0 Å². The average Bonchev–Trinajstić information content (AvgIpc) is 2.81. The van der Waals surface area contributed by atoms with Gasteiger partial charge in [-0.15, -0.1) is 0 Å². The van der Waals surface area contributed by atoms with Gasteiger partial charge in [-0.25, -0.2) is 0 Å². The molecule has 0 spiro atoms. The van der Waals surface area contributed by atoms with Gasteiger partial charge in [-0.2, -0.15) is 0 Å². The molecule has 1 heterocycles. The maximum atomic E-state index is 12.6. The minimum Gasteiger partial charge on any atom is -0.361 e. The first-order valence-corrected chi connectivity index (χ1v) is 7.54. The molecule has 114 valence electrons. The average molecular weight is 287 g/mol. The fourth-order valence-electron chi connectivity index (χ4n) is 2.92. The van der Waals surface area contributed by atoms with Gasteiger partial charge in [0.1, 0.15) is 0 Å². The number of hydrogen-bond donors (Lipinski definition) is 2. The molecule has 0 aliphatic carbocycles. The summed E-state index contributed by atoms with van der Waals surface area (Å²) in [6, 6.07) is 7.89. The zero-order chi connectivity index (χ0) is 15.6. The van der Waals surface area contributed by atoms with E-state index < -0.39 is 6.04 Å². The van der Waals surface area contributed by atoms with E-state index in [1.54, 1.807) is 0 Å². The van der Waals surface area contributed by atoms with Crippen molar-refractivity contribution in [2.45, 2.75) is 52.2 Å². The van der Waals surface area contributed by atoms with Gasteiger partial charge >= 0.3 is 0 Å². The summed E-state index contributed by atoms with van der Waals surface area (Å²) in [5.74, 6) is 0.0188. The molecule has 0 aliphatic heterocycles. The van der Waals surface area contributed by atoms with Crippen molar-refractivity contribution in [1.82, 2.24) is 9.88 Å². The van der Waals surface area contributed by atoms with Gasteiger partial charge < -0.3 is 15.6 Å². The highest BCUT2D eigenvalue weighted by Gasteiger charge is 2.26. The zero-order valence-electron chi connectivity index (χ0n) is 13.3. The van der Waals surface area contributed by atoms with Crippen LogP contribution < -0.4 is 5.73 Å². The maximum absolute atomic E-state index is 12.6. The lowest BCUT2D eigenvalue weighted by Gasteiger charge is -2.33. The minimum absolute atomic E-state index is 0.0188. The van der Waals surface area contributed by atoms with Crippen LogP contribution in [-0.2, 0) is 11.2 Å². The first-order valence-electron chi connectivity index (χ1n) is 7.54. The summed E-state index contributed by atoms with van der Waals surface area (Å²) in [6.07, 6.45) is 2.51. The van der Waals surface area contributed by atoms with E-state index in [4.69, 9.17) is 5.73 Å². The number of rotatable bonds is 5. The summed E-state index contributed by atoms with van der Waals surface area (Å²) in [6.45, 7) is 8.10. The third-order valence-corrected chi connectivity index (χ3v) is 3.80. The molecule has 0 fully saturated rings. The third kappa shape index (κ3) is 3.27. The molecule has 2 rings (SSSR count).